The van der Waals surface area contributed by atoms with E-state index in [4.69, 9.17) is 16.3 Å². The van der Waals surface area contributed by atoms with Gasteiger partial charge in [-0.05, 0) is 48.5 Å². The largest absolute Gasteiger partial charge is 0.465 e. The number of esters is 2. The van der Waals surface area contributed by atoms with Gasteiger partial charge in [0.15, 0.2) is 6.61 Å². The smallest absolute Gasteiger partial charge is 0.337 e. The first-order valence-corrected chi connectivity index (χ1v) is 10.2. The molecule has 3 rings (SSSR count). The van der Waals surface area contributed by atoms with E-state index in [2.05, 4.69) is 15.5 Å². The van der Waals surface area contributed by atoms with Crippen LogP contribution in [0.1, 0.15) is 27.1 Å². The predicted octanol–water partition coefficient (Wildman–Crippen LogP) is 1.80. The molecule has 1 aliphatic rings. The van der Waals surface area contributed by atoms with E-state index in [1.165, 1.54) is 43.5 Å². The Bertz CT molecular complexity index is 1070. The molecule has 3 amide bonds. The van der Waals surface area contributed by atoms with Crippen molar-refractivity contribution in [2.45, 2.75) is 6.42 Å². The van der Waals surface area contributed by atoms with Crippen LogP contribution in [0.3, 0.4) is 0 Å². The van der Waals surface area contributed by atoms with Crippen LogP contribution in [0.15, 0.2) is 48.5 Å². The third kappa shape index (κ3) is 6.30. The number of carbonyl (C=O) groups is 5. The molecular weight excluding hydrogens is 454 g/mol. The maximum atomic E-state index is 12.3. The van der Waals surface area contributed by atoms with Crippen LogP contribution in [0.25, 0.3) is 0 Å². The summed E-state index contributed by atoms with van der Waals surface area (Å²) < 4.78 is 9.60. The number of methoxy groups -OCH3 is 1. The molecule has 2 aromatic rings. The number of amides is 3. The zero-order valence-electron chi connectivity index (χ0n) is 17.5. The summed E-state index contributed by atoms with van der Waals surface area (Å²) >= 11 is 5.79. The Morgan fingerprint density at radius 3 is 2.30 bits per heavy atom. The van der Waals surface area contributed by atoms with Crippen molar-refractivity contribution in [2.75, 3.05) is 25.6 Å². The Morgan fingerprint density at radius 1 is 1.03 bits per heavy atom. The molecule has 0 aromatic heterocycles. The van der Waals surface area contributed by atoms with Gasteiger partial charge in [-0.25, -0.2) is 4.79 Å². The number of ether oxygens (including phenoxy) is 2. The first kappa shape index (κ1) is 23.7. The first-order valence-electron chi connectivity index (χ1n) is 9.78. The van der Waals surface area contributed by atoms with Crippen LogP contribution in [0.4, 0.5) is 5.69 Å². The van der Waals surface area contributed by atoms with Crippen LogP contribution in [-0.2, 0) is 23.9 Å². The molecule has 1 saturated heterocycles. The van der Waals surface area contributed by atoms with E-state index in [1.807, 2.05) is 0 Å². The van der Waals surface area contributed by atoms with Gasteiger partial charge < -0.3 is 14.8 Å². The Morgan fingerprint density at radius 2 is 1.67 bits per heavy atom. The highest BCUT2D eigenvalue weighted by atomic mass is 35.5. The lowest BCUT2D eigenvalue weighted by atomic mass is 10.1. The van der Waals surface area contributed by atoms with Crippen molar-refractivity contribution >= 4 is 46.9 Å². The molecule has 1 aliphatic heterocycles. The summed E-state index contributed by atoms with van der Waals surface area (Å²) in [6.45, 7) is -0.632. The number of nitrogens with zero attached hydrogens (tertiary/aromatic N) is 1. The van der Waals surface area contributed by atoms with E-state index in [0.717, 1.165) is 5.01 Å². The zero-order valence-corrected chi connectivity index (χ0v) is 18.3. The quantitative estimate of drug-likeness (QED) is 0.586. The molecule has 1 fully saturated rings. The van der Waals surface area contributed by atoms with Crippen LogP contribution in [0.2, 0.25) is 5.02 Å². The molecule has 0 aliphatic carbocycles. The molecular formula is C22H20ClN3O7. The second-order valence-electron chi connectivity index (χ2n) is 7.08. The number of hydrogen-bond donors (Lipinski definition) is 2. The van der Waals surface area contributed by atoms with Gasteiger partial charge in [-0.15, -0.1) is 0 Å². The van der Waals surface area contributed by atoms with Gasteiger partial charge in [0.2, 0.25) is 5.91 Å². The van der Waals surface area contributed by atoms with Gasteiger partial charge >= 0.3 is 11.9 Å². The summed E-state index contributed by atoms with van der Waals surface area (Å²) in [5.41, 5.74) is 3.46. The number of rotatable bonds is 7. The molecule has 1 atom stereocenters. The number of benzene rings is 2. The van der Waals surface area contributed by atoms with Crippen LogP contribution >= 0.6 is 11.6 Å². The Labute approximate surface area is 193 Å². The molecule has 0 saturated carbocycles. The lowest BCUT2D eigenvalue weighted by molar-refractivity contribution is -0.151. The second-order valence-corrected chi connectivity index (χ2v) is 7.51. The van der Waals surface area contributed by atoms with Gasteiger partial charge in [0.25, 0.3) is 11.8 Å². The molecule has 0 bridgehead atoms. The number of nitrogens with one attached hydrogen (secondary N) is 2. The lowest BCUT2D eigenvalue weighted by Gasteiger charge is -2.17. The van der Waals surface area contributed by atoms with E-state index >= 15 is 0 Å². The van der Waals surface area contributed by atoms with Crippen LogP contribution in [0, 0.1) is 5.92 Å². The highest BCUT2D eigenvalue weighted by Gasteiger charge is 2.36. The molecule has 2 N–H and O–H groups in total. The molecule has 2 aromatic carbocycles. The van der Waals surface area contributed by atoms with Crippen molar-refractivity contribution in [1.29, 1.82) is 0 Å². The topological polar surface area (TPSA) is 131 Å². The number of anilines is 1. The minimum atomic E-state index is -0.824. The van der Waals surface area contributed by atoms with Crippen molar-refractivity contribution in [3.05, 3.63) is 64.7 Å². The molecule has 0 radical (unpaired) electrons. The summed E-state index contributed by atoms with van der Waals surface area (Å²) in [6, 6.07) is 12.1. The summed E-state index contributed by atoms with van der Waals surface area (Å²) in [7, 11) is 1.26. The van der Waals surface area contributed by atoms with Crippen molar-refractivity contribution in [3.63, 3.8) is 0 Å². The van der Waals surface area contributed by atoms with Gasteiger partial charge in [-0.2, -0.15) is 0 Å². The highest BCUT2D eigenvalue weighted by molar-refractivity contribution is 6.30. The van der Waals surface area contributed by atoms with Gasteiger partial charge in [0.1, 0.15) is 0 Å². The van der Waals surface area contributed by atoms with Gasteiger partial charge in [0.05, 0.1) is 25.1 Å². The maximum absolute atomic E-state index is 12.3. The summed E-state index contributed by atoms with van der Waals surface area (Å²) in [6.07, 6.45) is -0.156. The number of halogens is 1. The van der Waals surface area contributed by atoms with E-state index in [1.54, 1.807) is 12.1 Å². The Kier molecular flexibility index (Phi) is 7.62. The molecule has 0 spiro atoms. The van der Waals surface area contributed by atoms with Crippen LogP contribution in [-0.4, -0.2) is 54.9 Å². The van der Waals surface area contributed by atoms with E-state index in [0.29, 0.717) is 21.8 Å². The average Bonchev–Trinajstić information content (AvgIpc) is 3.18. The van der Waals surface area contributed by atoms with Crippen LogP contribution in [0.5, 0.6) is 0 Å². The van der Waals surface area contributed by atoms with Gasteiger partial charge in [-0.3, -0.25) is 29.6 Å². The molecule has 10 nitrogen and oxygen atoms in total. The van der Waals surface area contributed by atoms with Gasteiger partial charge in [0, 0.05) is 22.7 Å². The van der Waals surface area contributed by atoms with Crippen molar-refractivity contribution < 1.29 is 33.4 Å². The van der Waals surface area contributed by atoms with Crippen molar-refractivity contribution in [2.24, 2.45) is 5.92 Å². The fraction of sp³-hybridized carbons (Fsp3) is 0.227. The fourth-order valence-electron chi connectivity index (χ4n) is 3.02. The number of hydrogen-bond acceptors (Lipinski definition) is 7. The minimum absolute atomic E-state index is 0.0758. The number of carbonyl (C=O) groups excluding carboxylic acids is 5. The third-order valence-corrected chi connectivity index (χ3v) is 4.99. The van der Waals surface area contributed by atoms with E-state index in [9.17, 15) is 24.0 Å². The summed E-state index contributed by atoms with van der Waals surface area (Å²) in [5, 5.41) is 4.04. The summed E-state index contributed by atoms with van der Waals surface area (Å²) in [4.78, 5) is 60.1. The highest BCUT2D eigenvalue weighted by Crippen LogP contribution is 2.18. The lowest BCUT2D eigenvalue weighted by Crippen LogP contribution is -2.43. The number of hydrazine groups is 1. The normalized spacial score (nSPS) is 15.0. The fourth-order valence-corrected chi connectivity index (χ4v) is 3.15. The van der Waals surface area contributed by atoms with Gasteiger partial charge in [-0.1, -0.05) is 11.6 Å². The molecule has 33 heavy (non-hydrogen) atoms. The third-order valence-electron chi connectivity index (χ3n) is 4.74. The molecule has 11 heteroatoms. The van der Waals surface area contributed by atoms with Crippen molar-refractivity contribution in [1.82, 2.24) is 10.4 Å². The second kappa shape index (κ2) is 10.6. The predicted molar refractivity (Wildman–Crippen MR) is 116 cm³/mol. The average molecular weight is 474 g/mol. The zero-order chi connectivity index (χ0) is 24.0. The summed E-state index contributed by atoms with van der Waals surface area (Å²) in [5.74, 6) is -3.63. The Hall–Kier alpha value is -3.92. The SMILES string of the molecule is COC(=O)c1ccc(NC(=O)COC(=O)[C@@H]2CC(=O)N(NC(=O)c3ccc(Cl)cc3)C2)cc1. The Balaban J connectivity index is 1.46. The van der Waals surface area contributed by atoms with E-state index in [-0.39, 0.29) is 13.0 Å². The standard InChI is InChI=1S/C22H20ClN3O7/c1-32-21(30)14-4-8-17(9-5-14)24-18(27)12-33-22(31)15-10-19(28)26(11-15)25-20(29)13-2-6-16(23)7-3-13/h2-9,15H,10-12H2,1H3,(H,24,27)(H,25,29)/t15-/m1/s1. The minimum Gasteiger partial charge on any atom is -0.465 e. The van der Waals surface area contributed by atoms with Crippen molar-refractivity contribution in [3.8, 4) is 0 Å². The van der Waals surface area contributed by atoms with Crippen LogP contribution < -0.4 is 10.7 Å². The molecule has 172 valence electrons. The monoisotopic (exact) mass is 473 g/mol. The maximum Gasteiger partial charge on any atom is 0.337 e. The molecule has 1 heterocycles. The molecule has 0 unspecified atom stereocenters. The first-order chi connectivity index (χ1) is 15.8. The van der Waals surface area contributed by atoms with E-state index < -0.39 is 42.2 Å².